The fourth-order valence-corrected chi connectivity index (χ4v) is 2.37. The molecule has 0 spiro atoms. The highest BCUT2D eigenvalue weighted by molar-refractivity contribution is 9.10. The van der Waals surface area contributed by atoms with Gasteiger partial charge in [-0.25, -0.2) is 0 Å². The maximum Gasteiger partial charge on any atom is 0.273 e. The lowest BCUT2D eigenvalue weighted by molar-refractivity contribution is 0.101. The molecule has 0 aliphatic rings. The van der Waals surface area contributed by atoms with Crippen LogP contribution >= 0.6 is 28.1 Å². The van der Waals surface area contributed by atoms with Crippen molar-refractivity contribution >= 4 is 44.7 Å². The summed E-state index contributed by atoms with van der Waals surface area (Å²) >= 11 is 8.35. The van der Waals surface area contributed by atoms with Crippen molar-refractivity contribution in [1.82, 2.24) is 9.78 Å². The lowest BCUT2D eigenvalue weighted by atomic mass is 10.1. The van der Waals surface area contributed by atoms with Crippen LogP contribution in [0.5, 0.6) is 0 Å². The van der Waals surface area contributed by atoms with Crippen molar-refractivity contribution in [2.75, 3.05) is 5.32 Å². The second kappa shape index (κ2) is 5.72. The molecule has 0 fully saturated rings. The number of benzene rings is 1. The van der Waals surface area contributed by atoms with Gasteiger partial charge in [0.25, 0.3) is 5.91 Å². The molecule has 20 heavy (non-hydrogen) atoms. The summed E-state index contributed by atoms with van der Waals surface area (Å²) in [6.07, 6.45) is 0. The van der Waals surface area contributed by atoms with Crippen molar-refractivity contribution in [3.8, 4) is 0 Å². The lowest BCUT2D eigenvalue weighted by Crippen LogP contribution is -2.19. The molecule has 2 rings (SSSR count). The zero-order valence-electron chi connectivity index (χ0n) is 11.0. The summed E-state index contributed by atoms with van der Waals surface area (Å²) < 4.78 is 2.37. The molecule has 7 heteroatoms. The first-order valence-corrected chi connectivity index (χ1v) is 7.00. The van der Waals surface area contributed by atoms with Gasteiger partial charge in [0.15, 0.2) is 0 Å². The van der Waals surface area contributed by atoms with E-state index in [1.54, 1.807) is 25.2 Å². The van der Waals surface area contributed by atoms with Gasteiger partial charge in [-0.1, -0.05) is 28.1 Å². The third-order valence-electron chi connectivity index (χ3n) is 2.73. The summed E-state index contributed by atoms with van der Waals surface area (Å²) in [7, 11) is 1.72. The molecule has 0 saturated heterocycles. The molecule has 104 valence electrons. The maximum atomic E-state index is 12.2. The topological polar surface area (TPSA) is 72.9 Å². The average molecular weight is 353 g/mol. The van der Waals surface area contributed by atoms with Crippen LogP contribution in [-0.2, 0) is 7.05 Å². The molecular formula is C13H13BrN4OS. The number of amides is 1. The van der Waals surface area contributed by atoms with Crippen molar-refractivity contribution < 1.29 is 4.79 Å². The van der Waals surface area contributed by atoms with Gasteiger partial charge in [0.05, 0.1) is 11.4 Å². The van der Waals surface area contributed by atoms with Gasteiger partial charge in [-0.15, -0.1) is 0 Å². The van der Waals surface area contributed by atoms with E-state index < -0.39 is 0 Å². The Hall–Kier alpha value is -1.73. The number of hydrogen-bond acceptors (Lipinski definition) is 3. The molecular weight excluding hydrogens is 340 g/mol. The number of nitrogens with one attached hydrogen (secondary N) is 1. The highest BCUT2D eigenvalue weighted by Crippen LogP contribution is 2.21. The number of nitrogens with zero attached hydrogens (tertiary/aromatic N) is 2. The smallest absolute Gasteiger partial charge is 0.273 e. The zero-order valence-corrected chi connectivity index (χ0v) is 13.4. The number of carbonyl (C=O) groups excluding carboxylic acids is 1. The van der Waals surface area contributed by atoms with Gasteiger partial charge in [-0.2, -0.15) is 5.10 Å². The molecule has 3 N–H and O–H groups in total. The van der Waals surface area contributed by atoms with Gasteiger partial charge in [0, 0.05) is 17.1 Å². The van der Waals surface area contributed by atoms with Crippen molar-refractivity contribution in [1.29, 1.82) is 0 Å². The van der Waals surface area contributed by atoms with Crippen LogP contribution < -0.4 is 11.1 Å². The number of hydrogen-bond donors (Lipinski definition) is 2. The summed E-state index contributed by atoms with van der Waals surface area (Å²) in [5.41, 5.74) is 8.11. The summed E-state index contributed by atoms with van der Waals surface area (Å²) in [5.74, 6) is -0.257. The van der Waals surface area contributed by atoms with Gasteiger partial charge in [-0.05, 0) is 31.2 Å². The largest absolute Gasteiger partial charge is 0.389 e. The van der Waals surface area contributed by atoms with Crippen LogP contribution in [0.25, 0.3) is 0 Å². The van der Waals surface area contributed by atoms with Gasteiger partial charge in [0.1, 0.15) is 10.7 Å². The van der Waals surface area contributed by atoms with Gasteiger partial charge in [0.2, 0.25) is 0 Å². The van der Waals surface area contributed by atoms with E-state index in [-0.39, 0.29) is 10.9 Å². The van der Waals surface area contributed by atoms with Crippen LogP contribution in [0.2, 0.25) is 0 Å². The van der Waals surface area contributed by atoms with Crippen LogP contribution in [0, 0.1) is 6.92 Å². The van der Waals surface area contributed by atoms with Gasteiger partial charge in [-0.3, -0.25) is 9.48 Å². The first-order chi connectivity index (χ1) is 9.38. The summed E-state index contributed by atoms with van der Waals surface area (Å²) in [5, 5.41) is 6.94. The predicted molar refractivity (Wildman–Crippen MR) is 85.9 cm³/mol. The number of aryl methyl sites for hydroxylation is 2. The molecule has 1 amide bonds. The molecule has 0 aliphatic heterocycles. The van der Waals surface area contributed by atoms with Gasteiger partial charge >= 0.3 is 0 Å². The fraction of sp³-hybridized carbons (Fsp3) is 0.154. The van der Waals surface area contributed by atoms with E-state index >= 15 is 0 Å². The van der Waals surface area contributed by atoms with E-state index in [1.807, 2.05) is 13.0 Å². The molecule has 0 aliphatic carbocycles. The SMILES string of the molecule is Cc1cc(C(=O)Nc2ccc(Br)cc2C(N)=S)n(C)n1. The highest BCUT2D eigenvalue weighted by atomic mass is 79.9. The summed E-state index contributed by atoms with van der Waals surface area (Å²) in [4.78, 5) is 12.5. The number of aromatic nitrogens is 2. The molecule has 2 aromatic rings. The minimum atomic E-state index is -0.257. The highest BCUT2D eigenvalue weighted by Gasteiger charge is 2.14. The minimum Gasteiger partial charge on any atom is -0.389 e. The summed E-state index contributed by atoms with van der Waals surface area (Å²) in [6.45, 7) is 1.83. The Kier molecular flexibility index (Phi) is 4.20. The van der Waals surface area contributed by atoms with Crippen LogP contribution in [0.15, 0.2) is 28.7 Å². The summed E-state index contributed by atoms with van der Waals surface area (Å²) in [6, 6.07) is 7.05. The molecule has 5 nitrogen and oxygen atoms in total. The lowest BCUT2D eigenvalue weighted by Gasteiger charge is -2.10. The standard InChI is InChI=1S/C13H13BrN4OS/c1-7-5-11(18(2)17-7)13(19)16-10-4-3-8(14)6-9(10)12(15)20/h3-6H,1-2H3,(H2,15,20)(H,16,19). The van der Waals surface area contributed by atoms with E-state index in [0.717, 1.165) is 10.2 Å². The molecule has 0 atom stereocenters. The Morgan fingerprint density at radius 3 is 2.70 bits per heavy atom. The first kappa shape index (κ1) is 14.7. The Bertz CT molecular complexity index is 696. The third kappa shape index (κ3) is 3.05. The fourth-order valence-electron chi connectivity index (χ4n) is 1.84. The molecule has 0 unspecified atom stereocenters. The first-order valence-electron chi connectivity index (χ1n) is 5.80. The molecule has 0 saturated carbocycles. The molecule has 0 radical (unpaired) electrons. The Morgan fingerprint density at radius 1 is 1.45 bits per heavy atom. The maximum absolute atomic E-state index is 12.2. The van der Waals surface area contributed by atoms with E-state index in [9.17, 15) is 4.79 Å². The number of thiocarbonyl (C=S) groups is 1. The number of nitrogens with two attached hydrogens (primary N) is 1. The molecule has 1 aromatic carbocycles. The third-order valence-corrected chi connectivity index (χ3v) is 3.44. The molecule has 1 heterocycles. The van der Waals surface area contributed by atoms with Crippen LogP contribution in [-0.4, -0.2) is 20.7 Å². The second-order valence-electron chi connectivity index (χ2n) is 4.30. The van der Waals surface area contributed by atoms with E-state index in [0.29, 0.717) is 16.9 Å². The van der Waals surface area contributed by atoms with Crippen molar-refractivity contribution in [2.45, 2.75) is 6.92 Å². The normalized spacial score (nSPS) is 10.3. The number of halogens is 1. The van der Waals surface area contributed by atoms with Crippen molar-refractivity contribution in [2.24, 2.45) is 12.8 Å². The predicted octanol–water partition coefficient (Wildman–Crippen LogP) is 2.38. The monoisotopic (exact) mass is 352 g/mol. The molecule has 0 bridgehead atoms. The van der Waals surface area contributed by atoms with E-state index in [2.05, 4.69) is 26.3 Å². The van der Waals surface area contributed by atoms with Crippen molar-refractivity contribution in [3.05, 3.63) is 45.7 Å². The second-order valence-corrected chi connectivity index (χ2v) is 5.66. The van der Waals surface area contributed by atoms with Crippen LogP contribution in [0.3, 0.4) is 0 Å². The minimum absolute atomic E-state index is 0.225. The molecule has 1 aromatic heterocycles. The van der Waals surface area contributed by atoms with Crippen LogP contribution in [0.1, 0.15) is 21.7 Å². The quantitative estimate of drug-likeness (QED) is 0.831. The van der Waals surface area contributed by atoms with Crippen molar-refractivity contribution in [3.63, 3.8) is 0 Å². The Balaban J connectivity index is 2.33. The Morgan fingerprint density at radius 2 is 2.15 bits per heavy atom. The van der Waals surface area contributed by atoms with E-state index in [4.69, 9.17) is 18.0 Å². The number of rotatable bonds is 3. The average Bonchev–Trinajstić information content (AvgIpc) is 2.70. The Labute approximate surface area is 130 Å². The van der Waals surface area contributed by atoms with Gasteiger partial charge < -0.3 is 11.1 Å². The van der Waals surface area contributed by atoms with Crippen LogP contribution in [0.4, 0.5) is 5.69 Å². The number of anilines is 1. The van der Waals surface area contributed by atoms with E-state index in [1.165, 1.54) is 4.68 Å². The zero-order chi connectivity index (χ0) is 14.9. The number of carbonyl (C=O) groups is 1.